The summed E-state index contributed by atoms with van der Waals surface area (Å²) in [6.07, 6.45) is 5.32. The molecule has 4 atom stereocenters. The van der Waals surface area contributed by atoms with Gasteiger partial charge in [-0.15, -0.1) is 0 Å². The zero-order chi connectivity index (χ0) is 10.4. The molecule has 0 aromatic carbocycles. The first-order valence-corrected chi connectivity index (χ1v) is 5.73. The molecule has 0 spiro atoms. The number of hydrogen-bond donors (Lipinski definition) is 0. The Kier molecular flexibility index (Phi) is 2.39. The minimum absolute atomic E-state index is 0.335. The molecule has 1 aliphatic heterocycles. The average Bonchev–Trinajstić information content (AvgIpc) is 2.41. The van der Waals surface area contributed by atoms with Gasteiger partial charge in [0.05, 0.1) is 6.10 Å². The fourth-order valence-electron chi connectivity index (χ4n) is 3.22. The first-order chi connectivity index (χ1) is 6.50. The van der Waals surface area contributed by atoms with Crippen molar-refractivity contribution in [2.45, 2.75) is 58.3 Å². The summed E-state index contributed by atoms with van der Waals surface area (Å²) in [6, 6.07) is 0. The maximum atomic E-state index is 6.05. The molecule has 1 aliphatic carbocycles. The fourth-order valence-corrected chi connectivity index (χ4v) is 3.22. The zero-order valence-corrected chi connectivity index (χ0v) is 9.80. The van der Waals surface area contributed by atoms with Crippen LogP contribution in [0.1, 0.15) is 46.5 Å². The molecule has 2 aliphatic rings. The summed E-state index contributed by atoms with van der Waals surface area (Å²) < 4.78 is 11.5. The van der Waals surface area contributed by atoms with Crippen molar-refractivity contribution in [3.63, 3.8) is 0 Å². The molecule has 2 nitrogen and oxygen atoms in total. The third-order valence-electron chi connectivity index (χ3n) is 4.49. The summed E-state index contributed by atoms with van der Waals surface area (Å²) >= 11 is 0. The molecule has 2 unspecified atom stereocenters. The van der Waals surface area contributed by atoms with E-state index in [-0.39, 0.29) is 5.79 Å². The molecule has 1 saturated heterocycles. The van der Waals surface area contributed by atoms with E-state index in [1.807, 2.05) is 0 Å². The van der Waals surface area contributed by atoms with Crippen LogP contribution in [0.15, 0.2) is 0 Å². The number of rotatable bonds is 1. The van der Waals surface area contributed by atoms with Gasteiger partial charge >= 0.3 is 0 Å². The minimum atomic E-state index is -0.335. The number of fused-ring (bicyclic) bond motifs is 1. The molecule has 1 saturated carbocycles. The number of methoxy groups -OCH3 is 1. The Labute approximate surface area is 87.0 Å². The molecule has 2 rings (SSSR count). The predicted molar refractivity (Wildman–Crippen MR) is 56.0 cm³/mol. The Bertz CT molecular complexity index is 228. The van der Waals surface area contributed by atoms with E-state index in [1.54, 1.807) is 7.11 Å². The van der Waals surface area contributed by atoms with Gasteiger partial charge in [-0.25, -0.2) is 0 Å². The van der Waals surface area contributed by atoms with Crippen molar-refractivity contribution in [2.75, 3.05) is 7.11 Å². The lowest BCUT2D eigenvalue weighted by Crippen LogP contribution is -2.37. The molecule has 82 valence electrons. The first kappa shape index (κ1) is 10.4. The standard InChI is InChI=1S/C12H22O2/c1-9-6-5-7-10-11(9,2)8-12(3,13-4)14-10/h9-10H,5-8H2,1-4H3/t9-,10?,11-,12?/m0/s1. The third-order valence-corrected chi connectivity index (χ3v) is 4.49. The molecule has 0 amide bonds. The van der Waals surface area contributed by atoms with Gasteiger partial charge in [0.25, 0.3) is 0 Å². The monoisotopic (exact) mass is 198 g/mol. The van der Waals surface area contributed by atoms with Crippen molar-refractivity contribution in [3.05, 3.63) is 0 Å². The summed E-state index contributed by atoms with van der Waals surface area (Å²) in [5.74, 6) is 0.427. The topological polar surface area (TPSA) is 18.5 Å². The molecule has 14 heavy (non-hydrogen) atoms. The van der Waals surface area contributed by atoms with Crippen LogP contribution in [0.2, 0.25) is 0 Å². The van der Waals surface area contributed by atoms with Gasteiger partial charge in [-0.1, -0.05) is 20.3 Å². The molecule has 0 aromatic heterocycles. The maximum absolute atomic E-state index is 6.05. The summed E-state index contributed by atoms with van der Waals surface area (Å²) in [4.78, 5) is 0. The summed E-state index contributed by atoms with van der Waals surface area (Å²) in [7, 11) is 1.76. The number of ether oxygens (including phenoxy) is 2. The van der Waals surface area contributed by atoms with E-state index in [1.165, 1.54) is 19.3 Å². The maximum Gasteiger partial charge on any atom is 0.166 e. The van der Waals surface area contributed by atoms with Crippen LogP contribution in [0.3, 0.4) is 0 Å². The van der Waals surface area contributed by atoms with Gasteiger partial charge in [0.15, 0.2) is 5.79 Å². The second-order valence-electron chi connectivity index (χ2n) is 5.46. The van der Waals surface area contributed by atoms with Gasteiger partial charge in [0, 0.05) is 18.9 Å². The van der Waals surface area contributed by atoms with E-state index in [2.05, 4.69) is 20.8 Å². The SMILES string of the molecule is COC1(C)C[C@]2(C)C(CCC[C@@H]2C)O1. The van der Waals surface area contributed by atoms with Crippen LogP contribution in [0.5, 0.6) is 0 Å². The summed E-state index contributed by atoms with van der Waals surface area (Å²) in [6.45, 7) is 6.80. The van der Waals surface area contributed by atoms with Crippen LogP contribution < -0.4 is 0 Å². The Balaban J connectivity index is 2.21. The van der Waals surface area contributed by atoms with Crippen molar-refractivity contribution < 1.29 is 9.47 Å². The minimum Gasteiger partial charge on any atom is -0.353 e. The van der Waals surface area contributed by atoms with Crippen LogP contribution in [0.4, 0.5) is 0 Å². The Morgan fingerprint density at radius 3 is 2.57 bits per heavy atom. The number of hydrogen-bond acceptors (Lipinski definition) is 2. The third kappa shape index (κ3) is 1.40. The van der Waals surface area contributed by atoms with Gasteiger partial charge in [0.2, 0.25) is 0 Å². The van der Waals surface area contributed by atoms with E-state index in [4.69, 9.17) is 9.47 Å². The Morgan fingerprint density at radius 2 is 2.00 bits per heavy atom. The highest BCUT2D eigenvalue weighted by Crippen LogP contribution is 2.54. The van der Waals surface area contributed by atoms with Crippen LogP contribution >= 0.6 is 0 Å². The van der Waals surface area contributed by atoms with E-state index < -0.39 is 0 Å². The smallest absolute Gasteiger partial charge is 0.166 e. The highest BCUT2D eigenvalue weighted by atomic mass is 16.7. The molecule has 0 radical (unpaired) electrons. The largest absolute Gasteiger partial charge is 0.353 e. The lowest BCUT2D eigenvalue weighted by molar-refractivity contribution is -0.202. The molecule has 0 aromatic rings. The van der Waals surface area contributed by atoms with E-state index in [0.29, 0.717) is 11.5 Å². The van der Waals surface area contributed by atoms with E-state index >= 15 is 0 Å². The molecule has 0 N–H and O–H groups in total. The summed E-state index contributed by atoms with van der Waals surface area (Å²) in [5, 5.41) is 0. The van der Waals surface area contributed by atoms with Crippen LogP contribution in [0, 0.1) is 11.3 Å². The summed E-state index contributed by atoms with van der Waals surface area (Å²) in [5.41, 5.74) is 0.336. The normalized spacial score (nSPS) is 53.1. The lowest BCUT2D eigenvalue weighted by Gasteiger charge is -2.40. The van der Waals surface area contributed by atoms with Crippen molar-refractivity contribution >= 4 is 0 Å². The van der Waals surface area contributed by atoms with Gasteiger partial charge in [-0.2, -0.15) is 0 Å². The van der Waals surface area contributed by atoms with Gasteiger partial charge in [-0.3, -0.25) is 0 Å². The van der Waals surface area contributed by atoms with E-state index in [0.717, 1.165) is 12.3 Å². The van der Waals surface area contributed by atoms with Crippen molar-refractivity contribution in [1.82, 2.24) is 0 Å². The fraction of sp³-hybridized carbons (Fsp3) is 1.00. The Morgan fingerprint density at radius 1 is 1.29 bits per heavy atom. The highest BCUT2D eigenvalue weighted by Gasteiger charge is 2.54. The van der Waals surface area contributed by atoms with Crippen LogP contribution in [-0.4, -0.2) is 19.0 Å². The van der Waals surface area contributed by atoms with Gasteiger partial charge in [-0.05, 0) is 25.7 Å². The van der Waals surface area contributed by atoms with Crippen LogP contribution in [0.25, 0.3) is 0 Å². The molecule has 0 bridgehead atoms. The van der Waals surface area contributed by atoms with Crippen molar-refractivity contribution in [1.29, 1.82) is 0 Å². The van der Waals surface area contributed by atoms with Crippen LogP contribution in [-0.2, 0) is 9.47 Å². The quantitative estimate of drug-likeness (QED) is 0.645. The van der Waals surface area contributed by atoms with Crippen molar-refractivity contribution in [3.8, 4) is 0 Å². The molecule has 1 heterocycles. The highest BCUT2D eigenvalue weighted by molar-refractivity contribution is 4.99. The second-order valence-corrected chi connectivity index (χ2v) is 5.46. The lowest BCUT2D eigenvalue weighted by atomic mass is 9.65. The van der Waals surface area contributed by atoms with Gasteiger partial charge in [0.1, 0.15) is 0 Å². The van der Waals surface area contributed by atoms with Gasteiger partial charge < -0.3 is 9.47 Å². The zero-order valence-electron chi connectivity index (χ0n) is 9.80. The second kappa shape index (κ2) is 3.21. The average molecular weight is 198 g/mol. The first-order valence-electron chi connectivity index (χ1n) is 5.73. The predicted octanol–water partition coefficient (Wildman–Crippen LogP) is 2.96. The molecular formula is C12H22O2. The molecule has 2 fully saturated rings. The molecular weight excluding hydrogens is 176 g/mol. The Hall–Kier alpha value is -0.0800. The van der Waals surface area contributed by atoms with Crippen molar-refractivity contribution in [2.24, 2.45) is 11.3 Å². The molecule has 2 heteroatoms. The van der Waals surface area contributed by atoms with E-state index in [9.17, 15) is 0 Å².